The monoisotopic (exact) mass is 429 g/mol. The Kier molecular flexibility index (Phi) is 6.43. The maximum atomic E-state index is 13.3. The summed E-state index contributed by atoms with van der Waals surface area (Å²) < 4.78 is 23.7. The van der Waals surface area contributed by atoms with E-state index in [1.54, 1.807) is 25.1 Å². The number of hydrogen-bond donors (Lipinski definition) is 2. The van der Waals surface area contributed by atoms with Crippen molar-refractivity contribution in [3.63, 3.8) is 0 Å². The number of ether oxygens (including phenoxy) is 2. The number of urea groups is 1. The second kappa shape index (κ2) is 9.03. The molecule has 0 bridgehead atoms. The third-order valence-electron chi connectivity index (χ3n) is 5.28. The normalized spacial score (nSPS) is 18.0. The van der Waals surface area contributed by atoms with Crippen LogP contribution in [0.5, 0.6) is 11.5 Å². The maximum absolute atomic E-state index is 13.3. The van der Waals surface area contributed by atoms with Gasteiger partial charge < -0.3 is 20.1 Å². The minimum Gasteiger partial charge on any atom is -0.493 e. The zero-order valence-corrected chi connectivity index (χ0v) is 17.5. The molecule has 1 atom stereocenters. The lowest BCUT2D eigenvalue weighted by Gasteiger charge is -2.25. The molecule has 1 aliphatic heterocycles. The highest BCUT2D eigenvalue weighted by Gasteiger charge is 2.51. The molecular formula is C22H24FN3O5. The Labute approximate surface area is 179 Å². The summed E-state index contributed by atoms with van der Waals surface area (Å²) in [5.74, 6) is -0.403. The average molecular weight is 429 g/mol. The average Bonchev–Trinajstić information content (AvgIpc) is 3.03. The molecule has 2 N–H and O–H groups in total. The number of halogens is 1. The Balaban J connectivity index is 1.68. The molecule has 1 heterocycles. The summed E-state index contributed by atoms with van der Waals surface area (Å²) in [6, 6.07) is 9.91. The second-order valence-corrected chi connectivity index (χ2v) is 7.05. The van der Waals surface area contributed by atoms with Gasteiger partial charge in [0.2, 0.25) is 5.91 Å². The first kappa shape index (κ1) is 22.1. The zero-order valence-electron chi connectivity index (χ0n) is 17.5. The topological polar surface area (TPSA) is 97.0 Å². The van der Waals surface area contributed by atoms with Crippen molar-refractivity contribution in [2.45, 2.75) is 25.4 Å². The van der Waals surface area contributed by atoms with E-state index >= 15 is 0 Å². The molecule has 1 saturated heterocycles. The van der Waals surface area contributed by atoms with Crippen LogP contribution in [-0.2, 0) is 21.7 Å². The number of hydrogen-bond acceptors (Lipinski definition) is 5. The number of methoxy groups -OCH3 is 2. The third kappa shape index (κ3) is 4.30. The van der Waals surface area contributed by atoms with Crippen molar-refractivity contribution in [2.24, 2.45) is 0 Å². The van der Waals surface area contributed by atoms with Crippen LogP contribution in [0.2, 0.25) is 0 Å². The van der Waals surface area contributed by atoms with Crippen LogP contribution in [0.4, 0.5) is 9.18 Å². The molecule has 2 aromatic carbocycles. The van der Waals surface area contributed by atoms with Crippen LogP contribution < -0.4 is 20.1 Å². The van der Waals surface area contributed by atoms with Crippen molar-refractivity contribution in [2.75, 3.05) is 20.8 Å². The van der Waals surface area contributed by atoms with Gasteiger partial charge in [0, 0.05) is 6.54 Å². The van der Waals surface area contributed by atoms with Crippen LogP contribution in [-0.4, -0.2) is 43.5 Å². The first-order chi connectivity index (χ1) is 14.8. The Bertz CT molecular complexity index is 995. The molecule has 3 rings (SSSR count). The summed E-state index contributed by atoms with van der Waals surface area (Å²) in [4.78, 5) is 38.8. The van der Waals surface area contributed by atoms with Gasteiger partial charge in [0.15, 0.2) is 11.5 Å². The molecule has 31 heavy (non-hydrogen) atoms. The summed E-state index contributed by atoms with van der Waals surface area (Å²) in [6.45, 7) is 1.49. The Morgan fingerprint density at radius 2 is 1.77 bits per heavy atom. The lowest BCUT2D eigenvalue weighted by atomic mass is 9.87. The van der Waals surface area contributed by atoms with Gasteiger partial charge in [0.25, 0.3) is 5.91 Å². The molecule has 0 radical (unpaired) electrons. The number of rotatable bonds is 8. The van der Waals surface area contributed by atoms with Gasteiger partial charge in [0.1, 0.15) is 17.9 Å². The van der Waals surface area contributed by atoms with Crippen molar-refractivity contribution >= 4 is 17.8 Å². The smallest absolute Gasteiger partial charge is 0.325 e. The molecular weight excluding hydrogens is 405 g/mol. The fraction of sp³-hybridized carbons (Fsp3) is 0.318. The minimum atomic E-state index is -1.32. The molecule has 164 valence electrons. The summed E-state index contributed by atoms with van der Waals surface area (Å²) in [6.07, 6.45) is 0.257. The SMILES string of the molecule is CCC1(c2ccc(F)cc2)NC(=O)N(CC(=O)NCc2ccc(OC)c(OC)c2)C1=O. The van der Waals surface area contributed by atoms with Gasteiger partial charge in [-0.15, -0.1) is 0 Å². The van der Waals surface area contributed by atoms with Gasteiger partial charge in [-0.05, 0) is 41.8 Å². The lowest BCUT2D eigenvalue weighted by Crippen LogP contribution is -2.44. The quantitative estimate of drug-likeness (QED) is 0.628. The highest BCUT2D eigenvalue weighted by atomic mass is 19.1. The molecule has 8 nitrogen and oxygen atoms in total. The van der Waals surface area contributed by atoms with Crippen LogP contribution in [0.25, 0.3) is 0 Å². The number of imide groups is 1. The lowest BCUT2D eigenvalue weighted by molar-refractivity contribution is -0.135. The van der Waals surface area contributed by atoms with Gasteiger partial charge in [-0.2, -0.15) is 0 Å². The van der Waals surface area contributed by atoms with E-state index in [1.807, 2.05) is 0 Å². The van der Waals surface area contributed by atoms with Crippen molar-refractivity contribution in [3.05, 3.63) is 59.4 Å². The first-order valence-corrected chi connectivity index (χ1v) is 9.72. The van der Waals surface area contributed by atoms with Crippen molar-refractivity contribution < 1.29 is 28.2 Å². The summed E-state index contributed by atoms with van der Waals surface area (Å²) in [5, 5.41) is 5.35. The van der Waals surface area contributed by atoms with Gasteiger partial charge in [-0.3, -0.25) is 14.5 Å². The molecule has 2 aromatic rings. The fourth-order valence-corrected chi connectivity index (χ4v) is 3.53. The molecule has 4 amide bonds. The van der Waals surface area contributed by atoms with Crippen molar-refractivity contribution in [1.29, 1.82) is 0 Å². The standard InChI is InChI=1S/C22H24FN3O5/c1-4-22(15-6-8-16(23)9-7-15)20(28)26(21(29)25-22)13-19(27)24-12-14-5-10-17(30-2)18(11-14)31-3/h5-11H,4,12-13H2,1-3H3,(H,24,27)(H,25,29). The van der Waals surface area contributed by atoms with E-state index in [-0.39, 0.29) is 13.0 Å². The van der Waals surface area contributed by atoms with Crippen LogP contribution in [0, 0.1) is 5.82 Å². The van der Waals surface area contributed by atoms with E-state index < -0.39 is 35.7 Å². The largest absolute Gasteiger partial charge is 0.493 e. The van der Waals surface area contributed by atoms with Crippen LogP contribution in [0.15, 0.2) is 42.5 Å². The van der Waals surface area contributed by atoms with Crippen molar-refractivity contribution in [3.8, 4) is 11.5 Å². The predicted molar refractivity (Wildman–Crippen MR) is 110 cm³/mol. The summed E-state index contributed by atoms with van der Waals surface area (Å²) in [5.41, 5.74) is -0.102. The highest BCUT2D eigenvalue weighted by molar-refractivity contribution is 6.09. The second-order valence-electron chi connectivity index (χ2n) is 7.05. The highest BCUT2D eigenvalue weighted by Crippen LogP contribution is 2.32. The van der Waals surface area contributed by atoms with Crippen molar-refractivity contribution in [1.82, 2.24) is 15.5 Å². The van der Waals surface area contributed by atoms with E-state index in [0.29, 0.717) is 17.1 Å². The van der Waals surface area contributed by atoms with Gasteiger partial charge in [0.05, 0.1) is 14.2 Å². The molecule has 0 saturated carbocycles. The Morgan fingerprint density at radius 1 is 1.10 bits per heavy atom. The first-order valence-electron chi connectivity index (χ1n) is 9.72. The molecule has 0 aromatic heterocycles. The molecule has 9 heteroatoms. The number of carbonyl (C=O) groups is 3. The van der Waals surface area contributed by atoms with E-state index in [0.717, 1.165) is 10.5 Å². The van der Waals surface area contributed by atoms with Gasteiger partial charge in [-0.1, -0.05) is 25.1 Å². The van der Waals surface area contributed by atoms with E-state index in [4.69, 9.17) is 9.47 Å². The Morgan fingerprint density at radius 3 is 2.39 bits per heavy atom. The van der Waals surface area contributed by atoms with Crippen LogP contribution in [0.1, 0.15) is 24.5 Å². The summed E-state index contributed by atoms with van der Waals surface area (Å²) >= 11 is 0. The van der Waals surface area contributed by atoms with Gasteiger partial charge >= 0.3 is 6.03 Å². The number of nitrogens with zero attached hydrogens (tertiary/aromatic N) is 1. The minimum absolute atomic E-state index is 0.180. The van der Waals surface area contributed by atoms with Gasteiger partial charge in [-0.25, -0.2) is 9.18 Å². The third-order valence-corrected chi connectivity index (χ3v) is 5.28. The number of carbonyl (C=O) groups excluding carboxylic acids is 3. The molecule has 1 aliphatic rings. The van der Waals surface area contributed by atoms with E-state index in [9.17, 15) is 18.8 Å². The summed E-state index contributed by atoms with van der Waals surface area (Å²) in [7, 11) is 3.04. The molecule has 1 fully saturated rings. The number of amides is 4. The van der Waals surface area contributed by atoms with Crippen LogP contribution >= 0.6 is 0 Å². The number of nitrogens with one attached hydrogen (secondary N) is 2. The van der Waals surface area contributed by atoms with Crippen LogP contribution in [0.3, 0.4) is 0 Å². The fourth-order valence-electron chi connectivity index (χ4n) is 3.53. The zero-order chi connectivity index (χ0) is 22.6. The molecule has 0 spiro atoms. The Hall–Kier alpha value is -3.62. The molecule has 1 unspecified atom stereocenters. The maximum Gasteiger partial charge on any atom is 0.325 e. The predicted octanol–water partition coefficient (Wildman–Crippen LogP) is 2.32. The molecule has 0 aliphatic carbocycles. The number of benzene rings is 2. The van der Waals surface area contributed by atoms with E-state index in [1.165, 1.54) is 38.5 Å². The van der Waals surface area contributed by atoms with E-state index in [2.05, 4.69) is 10.6 Å².